The van der Waals surface area contributed by atoms with Crippen LogP contribution < -0.4 is 24.8 Å². The minimum absolute atomic E-state index is 0.164. The number of benzene rings is 2. The van der Waals surface area contributed by atoms with E-state index >= 15 is 0 Å². The first kappa shape index (κ1) is 22.6. The van der Waals surface area contributed by atoms with Crippen molar-refractivity contribution in [2.45, 2.75) is 6.04 Å². The third-order valence-electron chi connectivity index (χ3n) is 4.65. The fourth-order valence-corrected chi connectivity index (χ4v) is 3.01. The van der Waals surface area contributed by atoms with E-state index in [9.17, 15) is 14.7 Å². The van der Waals surface area contributed by atoms with Gasteiger partial charge in [-0.3, -0.25) is 14.7 Å². The molecule has 1 unspecified atom stereocenters. The molecule has 0 aliphatic carbocycles. The van der Waals surface area contributed by atoms with E-state index in [2.05, 4.69) is 20.8 Å². The lowest BCUT2D eigenvalue weighted by atomic mass is 10.1. The van der Waals surface area contributed by atoms with Gasteiger partial charge in [-0.25, -0.2) is 0 Å². The molecule has 0 radical (unpaired) electrons. The van der Waals surface area contributed by atoms with E-state index < -0.39 is 24.5 Å². The van der Waals surface area contributed by atoms with Gasteiger partial charge in [0.05, 0.1) is 33.6 Å². The largest absolute Gasteiger partial charge is 0.493 e. The van der Waals surface area contributed by atoms with E-state index in [4.69, 9.17) is 14.2 Å². The number of aliphatic hydroxyl groups excluding tert-OH is 1. The first-order valence-corrected chi connectivity index (χ1v) is 9.64. The topological polar surface area (TPSA) is 135 Å². The summed E-state index contributed by atoms with van der Waals surface area (Å²) in [6.07, 6.45) is 0. The Morgan fingerprint density at radius 2 is 1.69 bits per heavy atom. The normalized spacial score (nSPS) is 11.4. The molecule has 3 rings (SSSR count). The van der Waals surface area contributed by atoms with Gasteiger partial charge in [-0.05, 0) is 17.7 Å². The second kappa shape index (κ2) is 10.3. The van der Waals surface area contributed by atoms with Crippen LogP contribution in [0.15, 0.2) is 48.5 Å². The van der Waals surface area contributed by atoms with E-state index in [0.29, 0.717) is 11.4 Å². The van der Waals surface area contributed by atoms with Gasteiger partial charge in [-0.1, -0.05) is 30.3 Å². The minimum atomic E-state index is -1.21. The average molecular weight is 440 g/mol. The summed E-state index contributed by atoms with van der Waals surface area (Å²) in [6.45, 7) is -0.613. The maximum absolute atomic E-state index is 12.7. The second-order valence-electron chi connectivity index (χ2n) is 6.64. The number of carbonyl (C=O) groups is 2. The molecule has 0 spiro atoms. The molecule has 3 aromatic rings. The summed E-state index contributed by atoms with van der Waals surface area (Å²) in [4.78, 5) is 25.3. The maximum Gasteiger partial charge on any atom is 0.252 e. The van der Waals surface area contributed by atoms with Crippen molar-refractivity contribution in [3.05, 3.63) is 54.1 Å². The van der Waals surface area contributed by atoms with Gasteiger partial charge in [0.25, 0.3) is 11.8 Å². The molecule has 2 amide bonds. The van der Waals surface area contributed by atoms with E-state index in [-0.39, 0.29) is 22.9 Å². The zero-order valence-corrected chi connectivity index (χ0v) is 17.8. The first-order valence-electron chi connectivity index (χ1n) is 9.64. The van der Waals surface area contributed by atoms with Crippen molar-refractivity contribution in [3.63, 3.8) is 0 Å². The number of nitrogens with one attached hydrogen (secondary N) is 3. The van der Waals surface area contributed by atoms with E-state index in [1.807, 2.05) is 30.3 Å². The van der Waals surface area contributed by atoms with Crippen molar-refractivity contribution < 1.29 is 28.9 Å². The van der Waals surface area contributed by atoms with Gasteiger partial charge in [-0.2, -0.15) is 5.10 Å². The summed E-state index contributed by atoms with van der Waals surface area (Å²) < 4.78 is 15.7. The molecule has 2 aromatic carbocycles. The van der Waals surface area contributed by atoms with Crippen LogP contribution in [0.25, 0.3) is 11.3 Å². The highest BCUT2D eigenvalue weighted by Crippen LogP contribution is 2.38. The third-order valence-corrected chi connectivity index (χ3v) is 4.65. The Morgan fingerprint density at radius 3 is 2.25 bits per heavy atom. The number of aromatic nitrogens is 2. The van der Waals surface area contributed by atoms with Crippen molar-refractivity contribution in [1.29, 1.82) is 0 Å². The highest BCUT2D eigenvalue weighted by Gasteiger charge is 2.24. The number of hydrogen-bond donors (Lipinski definition) is 4. The molecule has 4 N–H and O–H groups in total. The summed E-state index contributed by atoms with van der Waals surface area (Å²) in [5.74, 6) is -0.0751. The first-order chi connectivity index (χ1) is 15.5. The standard InChI is InChI=1S/C22H24N4O6/c1-30-17-9-14(10-18(31-2)20(17)32-3)21(28)23-16(12-27)22(29)24-19-11-15(25-26-19)13-7-5-4-6-8-13/h4-11,16,27H,12H2,1-3H3,(H,23,28)(H2,24,25,26,29). The van der Waals surface area contributed by atoms with Crippen molar-refractivity contribution in [2.75, 3.05) is 33.3 Å². The summed E-state index contributed by atoms with van der Waals surface area (Å²) in [5, 5.41) is 21.6. The van der Waals surface area contributed by atoms with Crippen LogP contribution in [0.5, 0.6) is 17.2 Å². The Balaban J connectivity index is 1.72. The number of methoxy groups -OCH3 is 3. The van der Waals surface area contributed by atoms with Crippen molar-refractivity contribution >= 4 is 17.6 Å². The Kier molecular flexibility index (Phi) is 7.29. The van der Waals surface area contributed by atoms with Gasteiger partial charge in [0.15, 0.2) is 17.3 Å². The van der Waals surface area contributed by atoms with Crippen LogP contribution in [0, 0.1) is 0 Å². The lowest BCUT2D eigenvalue weighted by molar-refractivity contribution is -0.118. The Labute approximate surface area is 184 Å². The fraction of sp³-hybridized carbons (Fsp3) is 0.227. The molecule has 1 heterocycles. The van der Waals surface area contributed by atoms with Gasteiger partial charge in [0.1, 0.15) is 6.04 Å². The predicted octanol–water partition coefficient (Wildman–Crippen LogP) is 1.83. The van der Waals surface area contributed by atoms with E-state index in [1.54, 1.807) is 6.07 Å². The van der Waals surface area contributed by atoms with Crippen molar-refractivity contribution in [1.82, 2.24) is 15.5 Å². The summed E-state index contributed by atoms with van der Waals surface area (Å²) in [7, 11) is 4.30. The number of hydrogen-bond acceptors (Lipinski definition) is 7. The van der Waals surface area contributed by atoms with Crippen LogP contribution in [0.4, 0.5) is 5.82 Å². The highest BCUT2D eigenvalue weighted by molar-refractivity contribution is 6.01. The minimum Gasteiger partial charge on any atom is -0.493 e. The molecule has 0 fully saturated rings. The Bertz CT molecular complexity index is 1060. The number of carbonyl (C=O) groups excluding carboxylic acids is 2. The molecule has 0 aliphatic heterocycles. The fourth-order valence-electron chi connectivity index (χ4n) is 3.01. The molecule has 0 bridgehead atoms. The average Bonchev–Trinajstić information content (AvgIpc) is 3.30. The molecule has 0 aliphatic rings. The zero-order chi connectivity index (χ0) is 23.1. The number of nitrogens with zero attached hydrogens (tertiary/aromatic N) is 1. The molecule has 32 heavy (non-hydrogen) atoms. The van der Waals surface area contributed by atoms with Crippen LogP contribution in [0.3, 0.4) is 0 Å². The number of H-pyrrole nitrogens is 1. The lowest BCUT2D eigenvalue weighted by Crippen LogP contribution is -2.46. The molecular formula is C22H24N4O6. The summed E-state index contributed by atoms with van der Waals surface area (Å²) in [5.41, 5.74) is 1.77. The number of amides is 2. The number of aromatic amines is 1. The number of ether oxygens (including phenoxy) is 3. The van der Waals surface area contributed by atoms with Gasteiger partial charge in [0.2, 0.25) is 5.75 Å². The highest BCUT2D eigenvalue weighted by atomic mass is 16.5. The molecule has 1 atom stereocenters. The van der Waals surface area contributed by atoms with Crippen LogP contribution in [-0.4, -0.2) is 61.1 Å². The number of aliphatic hydroxyl groups is 1. The third kappa shape index (κ3) is 4.98. The van der Waals surface area contributed by atoms with E-state index in [1.165, 1.54) is 33.5 Å². The van der Waals surface area contributed by atoms with Crippen LogP contribution in [0.1, 0.15) is 10.4 Å². The summed E-state index contributed by atoms with van der Waals surface area (Å²) >= 11 is 0. The second-order valence-corrected chi connectivity index (χ2v) is 6.64. The van der Waals surface area contributed by atoms with Crippen LogP contribution >= 0.6 is 0 Å². The van der Waals surface area contributed by atoms with Crippen molar-refractivity contribution in [3.8, 4) is 28.5 Å². The van der Waals surface area contributed by atoms with Gasteiger partial charge in [-0.15, -0.1) is 0 Å². The molecule has 0 saturated carbocycles. The molecule has 168 valence electrons. The predicted molar refractivity (Wildman–Crippen MR) is 117 cm³/mol. The smallest absolute Gasteiger partial charge is 0.252 e. The van der Waals surface area contributed by atoms with Gasteiger partial charge in [0, 0.05) is 11.6 Å². The molecule has 0 saturated heterocycles. The molecular weight excluding hydrogens is 416 g/mol. The van der Waals surface area contributed by atoms with E-state index in [0.717, 1.165) is 5.56 Å². The van der Waals surface area contributed by atoms with Gasteiger partial charge >= 0.3 is 0 Å². The Hall–Kier alpha value is -4.05. The quantitative estimate of drug-likeness (QED) is 0.399. The van der Waals surface area contributed by atoms with Crippen molar-refractivity contribution in [2.24, 2.45) is 0 Å². The molecule has 10 heteroatoms. The zero-order valence-electron chi connectivity index (χ0n) is 17.8. The van der Waals surface area contributed by atoms with Crippen LogP contribution in [-0.2, 0) is 4.79 Å². The maximum atomic E-state index is 12.7. The van der Waals surface area contributed by atoms with Crippen LogP contribution in [0.2, 0.25) is 0 Å². The Morgan fingerprint density at radius 1 is 1.03 bits per heavy atom. The number of rotatable bonds is 9. The summed E-state index contributed by atoms with van der Waals surface area (Å²) in [6, 6.07) is 12.8. The molecule has 10 nitrogen and oxygen atoms in total. The SMILES string of the molecule is COc1cc(C(=O)NC(CO)C(=O)Nc2cc(-c3ccccc3)[nH]n2)cc(OC)c1OC. The molecule has 1 aromatic heterocycles. The lowest BCUT2D eigenvalue weighted by Gasteiger charge is -2.17. The van der Waals surface area contributed by atoms with Gasteiger partial charge < -0.3 is 30.0 Å². The monoisotopic (exact) mass is 440 g/mol. The number of anilines is 1.